The molecule has 2 rings (SSSR count). The van der Waals surface area contributed by atoms with E-state index >= 15 is 0 Å². The lowest BCUT2D eigenvalue weighted by atomic mass is 10.2. The summed E-state index contributed by atoms with van der Waals surface area (Å²) in [5.41, 5.74) is 8.05. The molecule has 0 aliphatic heterocycles. The average Bonchev–Trinajstić information content (AvgIpc) is 2.67. The Labute approximate surface area is 90.3 Å². The molecule has 4 nitrogen and oxygen atoms in total. The number of hydrogen-bond acceptors (Lipinski definition) is 4. The van der Waals surface area contributed by atoms with Crippen LogP contribution in [0, 0.1) is 0 Å². The van der Waals surface area contributed by atoms with E-state index in [0.717, 1.165) is 25.1 Å². The van der Waals surface area contributed by atoms with Crippen LogP contribution in [0.15, 0.2) is 6.33 Å². The molecule has 0 saturated carbocycles. The van der Waals surface area contributed by atoms with Gasteiger partial charge in [0, 0.05) is 17.3 Å². The summed E-state index contributed by atoms with van der Waals surface area (Å²) in [6.45, 7) is 2.84. The molecule has 1 aliphatic rings. The van der Waals surface area contributed by atoms with Crippen LogP contribution in [0.5, 0.6) is 0 Å². The molecule has 0 radical (unpaired) electrons. The highest BCUT2D eigenvalue weighted by Crippen LogP contribution is 2.25. The summed E-state index contributed by atoms with van der Waals surface area (Å²) in [5.74, 6) is 1.01. The summed E-state index contributed by atoms with van der Waals surface area (Å²) in [6.07, 6.45) is 6.03. The van der Waals surface area contributed by atoms with Gasteiger partial charge in [-0.2, -0.15) is 0 Å². The van der Waals surface area contributed by atoms with E-state index in [1.54, 1.807) is 6.33 Å². The van der Waals surface area contributed by atoms with Gasteiger partial charge >= 0.3 is 0 Å². The Hall–Kier alpha value is -1.16. The molecule has 0 spiro atoms. The van der Waals surface area contributed by atoms with Gasteiger partial charge < -0.3 is 11.1 Å². The molecule has 1 aromatic heterocycles. The molecule has 82 valence electrons. The summed E-state index contributed by atoms with van der Waals surface area (Å²) in [4.78, 5) is 8.61. The fourth-order valence-electron chi connectivity index (χ4n) is 2.04. The summed E-state index contributed by atoms with van der Waals surface area (Å²) < 4.78 is 0. The van der Waals surface area contributed by atoms with Crippen molar-refractivity contribution >= 4 is 5.82 Å². The molecular weight excluding hydrogens is 188 g/mol. The van der Waals surface area contributed by atoms with Crippen molar-refractivity contribution in [2.45, 2.75) is 38.6 Å². The summed E-state index contributed by atoms with van der Waals surface area (Å²) in [6, 6.07) is 0.384. The van der Waals surface area contributed by atoms with E-state index in [1.807, 2.05) is 0 Å². The molecule has 4 heteroatoms. The van der Waals surface area contributed by atoms with Crippen LogP contribution in [0.3, 0.4) is 0 Å². The Balaban J connectivity index is 2.11. The second kappa shape index (κ2) is 4.57. The largest absolute Gasteiger partial charge is 0.367 e. The molecule has 0 amide bonds. The van der Waals surface area contributed by atoms with Crippen molar-refractivity contribution in [3.63, 3.8) is 0 Å². The third kappa shape index (κ3) is 2.26. The van der Waals surface area contributed by atoms with Crippen LogP contribution in [0.1, 0.15) is 31.0 Å². The van der Waals surface area contributed by atoms with Gasteiger partial charge in [-0.05, 0) is 39.2 Å². The molecular formula is C11H18N4. The minimum Gasteiger partial charge on any atom is -0.367 e. The lowest BCUT2D eigenvalue weighted by molar-refractivity contribution is 0.711. The molecule has 1 heterocycles. The van der Waals surface area contributed by atoms with E-state index in [1.165, 1.54) is 17.7 Å². The summed E-state index contributed by atoms with van der Waals surface area (Å²) in [7, 11) is 0. The smallest absolute Gasteiger partial charge is 0.133 e. The molecule has 1 atom stereocenters. The van der Waals surface area contributed by atoms with Crippen LogP contribution in [-0.4, -0.2) is 22.6 Å². The number of hydrogen-bond donors (Lipinski definition) is 2. The quantitative estimate of drug-likeness (QED) is 0.774. The monoisotopic (exact) mass is 206 g/mol. The standard InChI is InChI=1S/C11H18N4/c1-8(5-6-12)15-11-9-3-2-4-10(9)13-7-14-11/h7-8H,2-6,12H2,1H3,(H,13,14,15). The highest BCUT2D eigenvalue weighted by molar-refractivity contribution is 5.48. The van der Waals surface area contributed by atoms with Gasteiger partial charge in [0.2, 0.25) is 0 Å². The van der Waals surface area contributed by atoms with Gasteiger partial charge in [-0.3, -0.25) is 0 Å². The molecule has 0 saturated heterocycles. The van der Waals surface area contributed by atoms with Crippen molar-refractivity contribution in [2.24, 2.45) is 5.73 Å². The molecule has 1 unspecified atom stereocenters. The number of nitrogens with zero attached hydrogens (tertiary/aromatic N) is 2. The van der Waals surface area contributed by atoms with Gasteiger partial charge in [-0.1, -0.05) is 0 Å². The van der Waals surface area contributed by atoms with Crippen molar-refractivity contribution < 1.29 is 0 Å². The maximum Gasteiger partial charge on any atom is 0.133 e. The second-order valence-corrected chi connectivity index (χ2v) is 4.12. The Morgan fingerprint density at radius 2 is 2.33 bits per heavy atom. The van der Waals surface area contributed by atoms with Gasteiger partial charge in [-0.25, -0.2) is 9.97 Å². The van der Waals surface area contributed by atoms with E-state index in [2.05, 4.69) is 22.2 Å². The zero-order valence-corrected chi connectivity index (χ0v) is 9.16. The first-order chi connectivity index (χ1) is 7.31. The minimum atomic E-state index is 0.384. The van der Waals surface area contributed by atoms with E-state index in [-0.39, 0.29) is 0 Å². The van der Waals surface area contributed by atoms with Gasteiger partial charge in [0.1, 0.15) is 12.1 Å². The van der Waals surface area contributed by atoms with Gasteiger partial charge in [0.15, 0.2) is 0 Å². The van der Waals surface area contributed by atoms with Crippen molar-refractivity contribution in [2.75, 3.05) is 11.9 Å². The van der Waals surface area contributed by atoms with Crippen LogP contribution >= 0.6 is 0 Å². The number of aromatic nitrogens is 2. The average molecular weight is 206 g/mol. The van der Waals surface area contributed by atoms with Crippen LogP contribution in [0.2, 0.25) is 0 Å². The summed E-state index contributed by atoms with van der Waals surface area (Å²) in [5, 5.41) is 3.41. The zero-order valence-electron chi connectivity index (χ0n) is 9.16. The number of nitrogens with one attached hydrogen (secondary N) is 1. The van der Waals surface area contributed by atoms with Crippen molar-refractivity contribution in [3.8, 4) is 0 Å². The molecule has 3 N–H and O–H groups in total. The molecule has 15 heavy (non-hydrogen) atoms. The Bertz CT molecular complexity index is 337. The van der Waals surface area contributed by atoms with E-state index in [0.29, 0.717) is 12.6 Å². The van der Waals surface area contributed by atoms with Crippen molar-refractivity contribution in [1.29, 1.82) is 0 Å². The third-order valence-corrected chi connectivity index (χ3v) is 2.86. The highest BCUT2D eigenvalue weighted by atomic mass is 15.0. The topological polar surface area (TPSA) is 63.8 Å². The van der Waals surface area contributed by atoms with Crippen LogP contribution < -0.4 is 11.1 Å². The van der Waals surface area contributed by atoms with Crippen LogP contribution in [0.25, 0.3) is 0 Å². The number of fused-ring (bicyclic) bond motifs is 1. The normalized spacial score (nSPS) is 16.1. The summed E-state index contributed by atoms with van der Waals surface area (Å²) >= 11 is 0. The number of aryl methyl sites for hydroxylation is 1. The van der Waals surface area contributed by atoms with Gasteiger partial charge in [0.05, 0.1) is 0 Å². The lowest BCUT2D eigenvalue weighted by Crippen LogP contribution is -2.21. The molecule has 1 aromatic rings. The van der Waals surface area contributed by atoms with E-state index in [9.17, 15) is 0 Å². The van der Waals surface area contributed by atoms with Crippen molar-refractivity contribution in [3.05, 3.63) is 17.6 Å². The Morgan fingerprint density at radius 3 is 3.13 bits per heavy atom. The lowest BCUT2D eigenvalue weighted by Gasteiger charge is -2.15. The molecule has 0 bridgehead atoms. The SMILES string of the molecule is CC(CCN)Nc1ncnc2c1CCC2. The Morgan fingerprint density at radius 1 is 1.47 bits per heavy atom. The molecule has 1 aliphatic carbocycles. The molecule has 0 aromatic carbocycles. The fraction of sp³-hybridized carbons (Fsp3) is 0.636. The maximum absolute atomic E-state index is 5.52. The first-order valence-electron chi connectivity index (χ1n) is 5.60. The second-order valence-electron chi connectivity index (χ2n) is 4.12. The Kier molecular flexibility index (Phi) is 3.16. The predicted molar refractivity (Wildman–Crippen MR) is 60.8 cm³/mol. The predicted octanol–water partition coefficient (Wildman–Crippen LogP) is 1.11. The minimum absolute atomic E-state index is 0.384. The van der Waals surface area contributed by atoms with E-state index in [4.69, 9.17) is 5.73 Å². The number of anilines is 1. The fourth-order valence-corrected chi connectivity index (χ4v) is 2.04. The molecule has 0 fully saturated rings. The van der Waals surface area contributed by atoms with Crippen LogP contribution in [0.4, 0.5) is 5.82 Å². The maximum atomic E-state index is 5.52. The third-order valence-electron chi connectivity index (χ3n) is 2.86. The van der Waals surface area contributed by atoms with Gasteiger partial charge in [0.25, 0.3) is 0 Å². The first-order valence-corrected chi connectivity index (χ1v) is 5.60. The number of rotatable bonds is 4. The van der Waals surface area contributed by atoms with Crippen molar-refractivity contribution in [1.82, 2.24) is 9.97 Å². The number of nitrogens with two attached hydrogens (primary N) is 1. The van der Waals surface area contributed by atoms with Crippen LogP contribution in [-0.2, 0) is 12.8 Å². The first kappa shape index (κ1) is 10.4. The highest BCUT2D eigenvalue weighted by Gasteiger charge is 2.17. The van der Waals surface area contributed by atoms with Gasteiger partial charge in [-0.15, -0.1) is 0 Å². The van der Waals surface area contributed by atoms with E-state index < -0.39 is 0 Å². The zero-order chi connectivity index (χ0) is 10.7.